The number of aryl methyl sites for hydroxylation is 2. The molecule has 0 spiro atoms. The number of nitrogens with zero attached hydrogens (tertiary/aromatic N) is 2. The summed E-state index contributed by atoms with van der Waals surface area (Å²) >= 11 is 0. The molecule has 1 aromatic carbocycles. The molecule has 2 aromatic rings. The van der Waals surface area contributed by atoms with Crippen molar-refractivity contribution in [2.75, 3.05) is 10.5 Å². The fraction of sp³-hybridized carbons (Fsp3) is 0.357. The van der Waals surface area contributed by atoms with Crippen LogP contribution in [0.4, 0.5) is 11.5 Å². The van der Waals surface area contributed by atoms with E-state index in [0.29, 0.717) is 11.4 Å². The molecule has 0 radical (unpaired) electrons. The molecule has 0 saturated carbocycles. The molecule has 0 unspecified atom stereocenters. The summed E-state index contributed by atoms with van der Waals surface area (Å²) in [6.45, 7) is 7.37. The van der Waals surface area contributed by atoms with Crippen molar-refractivity contribution >= 4 is 21.5 Å². The number of nitrogens with one attached hydrogen (secondary N) is 1. The van der Waals surface area contributed by atoms with Crippen molar-refractivity contribution in [3.63, 3.8) is 0 Å². The molecule has 0 aliphatic rings. The molecule has 2 rings (SSSR count). The van der Waals surface area contributed by atoms with Crippen LogP contribution in [0.5, 0.6) is 0 Å². The molecule has 0 aliphatic heterocycles. The molecule has 0 atom stereocenters. The van der Waals surface area contributed by atoms with Crippen LogP contribution in [0.1, 0.15) is 31.0 Å². The van der Waals surface area contributed by atoms with Crippen LogP contribution in [0.3, 0.4) is 0 Å². The molecular weight excluding hydrogens is 288 g/mol. The highest BCUT2D eigenvalue weighted by atomic mass is 32.2. The summed E-state index contributed by atoms with van der Waals surface area (Å²) in [4.78, 5) is 0.124. The summed E-state index contributed by atoms with van der Waals surface area (Å²) in [5, 5.41) is 4.11. The van der Waals surface area contributed by atoms with Gasteiger partial charge in [-0.15, -0.1) is 0 Å². The Kier molecular flexibility index (Phi) is 3.95. The van der Waals surface area contributed by atoms with Gasteiger partial charge < -0.3 is 5.73 Å². The van der Waals surface area contributed by atoms with E-state index in [1.54, 1.807) is 36.9 Å². The Bertz CT molecular complexity index is 763. The van der Waals surface area contributed by atoms with Gasteiger partial charge in [0.1, 0.15) is 10.7 Å². The van der Waals surface area contributed by atoms with E-state index in [4.69, 9.17) is 5.73 Å². The minimum absolute atomic E-state index is 0.0497. The number of anilines is 2. The molecule has 1 heterocycles. The summed E-state index contributed by atoms with van der Waals surface area (Å²) in [5.41, 5.74) is 7.58. The van der Waals surface area contributed by atoms with Gasteiger partial charge in [-0.1, -0.05) is 12.1 Å². The zero-order valence-electron chi connectivity index (χ0n) is 12.6. The van der Waals surface area contributed by atoms with Crippen molar-refractivity contribution in [3.8, 4) is 0 Å². The molecule has 114 valence electrons. The summed E-state index contributed by atoms with van der Waals surface area (Å²) < 4.78 is 29.4. The highest BCUT2D eigenvalue weighted by Gasteiger charge is 2.23. The lowest BCUT2D eigenvalue weighted by molar-refractivity contribution is 0.539. The third-order valence-electron chi connectivity index (χ3n) is 3.28. The largest absolute Gasteiger partial charge is 0.397 e. The molecule has 3 N–H and O–H groups in total. The Morgan fingerprint density at radius 3 is 2.43 bits per heavy atom. The lowest BCUT2D eigenvalue weighted by Gasteiger charge is -2.16. The summed E-state index contributed by atoms with van der Waals surface area (Å²) in [6.07, 6.45) is 1.56. The van der Waals surface area contributed by atoms with Gasteiger partial charge >= 0.3 is 0 Å². The van der Waals surface area contributed by atoms with Crippen LogP contribution in [-0.4, -0.2) is 18.2 Å². The van der Waals surface area contributed by atoms with Crippen LogP contribution < -0.4 is 10.5 Å². The van der Waals surface area contributed by atoms with Crippen molar-refractivity contribution in [2.24, 2.45) is 0 Å². The predicted molar refractivity (Wildman–Crippen MR) is 83.7 cm³/mol. The highest BCUT2D eigenvalue weighted by Crippen LogP contribution is 2.28. The van der Waals surface area contributed by atoms with E-state index in [1.165, 1.54) is 0 Å². The number of nitrogen functional groups attached to an aromatic ring is 1. The van der Waals surface area contributed by atoms with Crippen molar-refractivity contribution in [1.29, 1.82) is 0 Å². The smallest absolute Gasteiger partial charge is 0.265 e. The molecular formula is C14H20N4O2S. The van der Waals surface area contributed by atoms with Crippen LogP contribution in [-0.2, 0) is 10.0 Å². The normalized spacial score (nSPS) is 11.9. The number of benzene rings is 1. The quantitative estimate of drug-likeness (QED) is 0.849. The zero-order chi connectivity index (χ0) is 15.8. The average Bonchev–Trinajstić information content (AvgIpc) is 2.81. The Hall–Kier alpha value is -2.02. The fourth-order valence-electron chi connectivity index (χ4n) is 2.16. The van der Waals surface area contributed by atoms with E-state index in [1.807, 2.05) is 19.9 Å². The Morgan fingerprint density at radius 2 is 1.81 bits per heavy atom. The van der Waals surface area contributed by atoms with Crippen LogP contribution in [0, 0.1) is 13.8 Å². The first-order chi connectivity index (χ1) is 9.74. The summed E-state index contributed by atoms with van der Waals surface area (Å²) in [5.74, 6) is 0.422. The second-order valence-electron chi connectivity index (χ2n) is 5.30. The minimum Gasteiger partial charge on any atom is -0.397 e. The molecule has 1 aromatic heterocycles. The number of aromatic nitrogens is 2. The fourth-order valence-corrected chi connectivity index (χ4v) is 3.64. The first kappa shape index (κ1) is 15.4. The Labute approximate surface area is 125 Å². The lowest BCUT2D eigenvalue weighted by Crippen LogP contribution is -2.19. The van der Waals surface area contributed by atoms with Gasteiger partial charge in [-0.05, 0) is 38.8 Å². The zero-order valence-corrected chi connectivity index (χ0v) is 13.4. The van der Waals surface area contributed by atoms with E-state index in [0.717, 1.165) is 5.56 Å². The molecule has 6 nitrogen and oxygen atoms in total. The number of rotatable bonds is 4. The second-order valence-corrected chi connectivity index (χ2v) is 6.92. The average molecular weight is 308 g/mol. The van der Waals surface area contributed by atoms with Gasteiger partial charge in [0, 0.05) is 12.1 Å². The monoisotopic (exact) mass is 308 g/mol. The summed E-state index contributed by atoms with van der Waals surface area (Å²) in [7, 11) is -3.76. The van der Waals surface area contributed by atoms with Crippen molar-refractivity contribution in [2.45, 2.75) is 38.6 Å². The summed E-state index contributed by atoms with van der Waals surface area (Å²) in [6, 6.07) is 5.23. The number of hydrogen-bond acceptors (Lipinski definition) is 4. The van der Waals surface area contributed by atoms with Crippen LogP contribution >= 0.6 is 0 Å². The second kappa shape index (κ2) is 5.40. The molecule has 0 amide bonds. The van der Waals surface area contributed by atoms with Crippen molar-refractivity contribution in [1.82, 2.24) is 9.78 Å². The van der Waals surface area contributed by atoms with E-state index < -0.39 is 10.0 Å². The maximum Gasteiger partial charge on any atom is 0.265 e. The maximum absolute atomic E-state index is 12.6. The number of sulfonamides is 1. The number of hydrogen-bond donors (Lipinski definition) is 2. The topological polar surface area (TPSA) is 90.0 Å². The standard InChI is InChI=1S/C14H20N4O2S/c1-9(2)18-12(7-8-16-18)17-21(19,20)14-11(4)6-5-10(3)13(14)15/h5-9,17H,15H2,1-4H3. The molecule has 7 heteroatoms. The van der Waals surface area contributed by atoms with Gasteiger partial charge in [-0.2, -0.15) is 5.10 Å². The van der Waals surface area contributed by atoms with Gasteiger partial charge in [0.25, 0.3) is 10.0 Å². The van der Waals surface area contributed by atoms with Crippen LogP contribution in [0.25, 0.3) is 0 Å². The highest BCUT2D eigenvalue weighted by molar-refractivity contribution is 7.93. The Morgan fingerprint density at radius 1 is 1.19 bits per heavy atom. The van der Waals surface area contributed by atoms with Crippen LogP contribution in [0.15, 0.2) is 29.3 Å². The van der Waals surface area contributed by atoms with E-state index >= 15 is 0 Å². The van der Waals surface area contributed by atoms with E-state index in [-0.39, 0.29) is 16.6 Å². The minimum atomic E-state index is -3.76. The molecule has 21 heavy (non-hydrogen) atoms. The van der Waals surface area contributed by atoms with Gasteiger partial charge in [-0.3, -0.25) is 4.72 Å². The van der Waals surface area contributed by atoms with Gasteiger partial charge in [0.15, 0.2) is 0 Å². The Balaban J connectivity index is 2.49. The number of nitrogens with two attached hydrogens (primary N) is 1. The first-order valence-corrected chi connectivity index (χ1v) is 8.14. The molecule has 0 saturated heterocycles. The van der Waals surface area contributed by atoms with Crippen molar-refractivity contribution in [3.05, 3.63) is 35.5 Å². The van der Waals surface area contributed by atoms with Crippen LogP contribution in [0.2, 0.25) is 0 Å². The van der Waals surface area contributed by atoms with E-state index in [9.17, 15) is 8.42 Å². The maximum atomic E-state index is 12.6. The molecule has 0 fully saturated rings. The van der Waals surface area contributed by atoms with Crippen molar-refractivity contribution < 1.29 is 8.42 Å². The first-order valence-electron chi connectivity index (χ1n) is 6.66. The third-order valence-corrected chi connectivity index (χ3v) is 4.84. The predicted octanol–water partition coefficient (Wildman–Crippen LogP) is 2.46. The van der Waals surface area contributed by atoms with Gasteiger partial charge in [-0.25, -0.2) is 13.1 Å². The van der Waals surface area contributed by atoms with Gasteiger partial charge in [0.2, 0.25) is 0 Å². The van der Waals surface area contributed by atoms with Gasteiger partial charge in [0.05, 0.1) is 11.9 Å². The van der Waals surface area contributed by atoms with E-state index in [2.05, 4.69) is 9.82 Å². The molecule has 0 bridgehead atoms. The SMILES string of the molecule is Cc1ccc(C)c(S(=O)(=O)Nc2ccnn2C(C)C)c1N. The lowest BCUT2D eigenvalue weighted by atomic mass is 10.1. The third kappa shape index (κ3) is 2.87. The molecule has 0 aliphatic carbocycles.